The fraction of sp³-hybridized carbons (Fsp3) is 0.286. The van der Waals surface area contributed by atoms with E-state index in [2.05, 4.69) is 15.3 Å². The number of benzene rings is 1. The van der Waals surface area contributed by atoms with E-state index in [1.165, 1.54) is 12.1 Å². The van der Waals surface area contributed by atoms with Crippen LogP contribution in [0.25, 0.3) is 11.4 Å². The molecule has 0 saturated carbocycles. The maximum Gasteiger partial charge on any atom is 0.270 e. The van der Waals surface area contributed by atoms with Crippen molar-refractivity contribution in [2.45, 2.75) is 20.8 Å². The normalized spacial score (nSPS) is 10.3. The summed E-state index contributed by atoms with van der Waals surface area (Å²) >= 11 is 0. The molecule has 20 heavy (non-hydrogen) atoms. The first kappa shape index (κ1) is 13.9. The zero-order valence-corrected chi connectivity index (χ0v) is 11.7. The SMILES string of the molecule is CCNc1nc(-c2cccc([N+](=O)[O-])c2)nc(C)c1C. The van der Waals surface area contributed by atoms with Gasteiger partial charge in [0.25, 0.3) is 5.69 Å². The Kier molecular flexibility index (Phi) is 3.93. The molecule has 0 aliphatic heterocycles. The molecule has 0 aliphatic rings. The average molecular weight is 272 g/mol. The van der Waals surface area contributed by atoms with Crippen molar-refractivity contribution >= 4 is 11.5 Å². The van der Waals surface area contributed by atoms with Crippen LogP contribution in [0.5, 0.6) is 0 Å². The average Bonchev–Trinajstić information content (AvgIpc) is 2.44. The zero-order valence-electron chi connectivity index (χ0n) is 11.7. The summed E-state index contributed by atoms with van der Waals surface area (Å²) in [5.41, 5.74) is 2.52. The second-order valence-electron chi connectivity index (χ2n) is 4.44. The van der Waals surface area contributed by atoms with Crippen LogP contribution in [0, 0.1) is 24.0 Å². The summed E-state index contributed by atoms with van der Waals surface area (Å²) in [6, 6.07) is 6.35. The number of rotatable bonds is 4. The fourth-order valence-corrected chi connectivity index (χ4v) is 1.86. The van der Waals surface area contributed by atoms with Crippen molar-refractivity contribution in [3.63, 3.8) is 0 Å². The van der Waals surface area contributed by atoms with Crippen LogP contribution in [0.4, 0.5) is 11.5 Å². The quantitative estimate of drug-likeness (QED) is 0.683. The van der Waals surface area contributed by atoms with Gasteiger partial charge in [-0.25, -0.2) is 9.97 Å². The largest absolute Gasteiger partial charge is 0.370 e. The molecule has 0 bridgehead atoms. The molecule has 6 nitrogen and oxygen atoms in total. The molecule has 0 spiro atoms. The van der Waals surface area contributed by atoms with Gasteiger partial charge in [0, 0.05) is 35.5 Å². The topological polar surface area (TPSA) is 81.0 Å². The maximum absolute atomic E-state index is 10.8. The van der Waals surface area contributed by atoms with E-state index in [9.17, 15) is 10.1 Å². The molecule has 0 fully saturated rings. The van der Waals surface area contributed by atoms with Crippen LogP contribution < -0.4 is 5.32 Å². The Labute approximate surface area is 117 Å². The summed E-state index contributed by atoms with van der Waals surface area (Å²) in [5, 5.41) is 14.0. The van der Waals surface area contributed by atoms with Gasteiger partial charge in [-0.3, -0.25) is 10.1 Å². The third-order valence-electron chi connectivity index (χ3n) is 3.05. The Morgan fingerprint density at radius 1 is 1.30 bits per heavy atom. The Hall–Kier alpha value is -2.50. The summed E-state index contributed by atoms with van der Waals surface area (Å²) in [5.74, 6) is 1.26. The van der Waals surface area contributed by atoms with Gasteiger partial charge < -0.3 is 5.32 Å². The third-order valence-corrected chi connectivity index (χ3v) is 3.05. The maximum atomic E-state index is 10.8. The molecule has 1 N–H and O–H groups in total. The number of nitro benzene ring substituents is 1. The highest BCUT2D eigenvalue weighted by atomic mass is 16.6. The number of nitro groups is 1. The molecule has 104 valence electrons. The minimum atomic E-state index is -0.421. The minimum absolute atomic E-state index is 0.0364. The van der Waals surface area contributed by atoms with E-state index in [1.807, 2.05) is 20.8 Å². The molecule has 2 aromatic rings. The van der Waals surface area contributed by atoms with Crippen molar-refractivity contribution in [3.05, 3.63) is 45.6 Å². The van der Waals surface area contributed by atoms with E-state index >= 15 is 0 Å². The van der Waals surface area contributed by atoms with Gasteiger partial charge in [0.2, 0.25) is 0 Å². The number of hydrogen-bond donors (Lipinski definition) is 1. The van der Waals surface area contributed by atoms with Gasteiger partial charge in [0.15, 0.2) is 5.82 Å². The van der Waals surface area contributed by atoms with E-state index in [0.717, 1.165) is 23.6 Å². The van der Waals surface area contributed by atoms with Gasteiger partial charge >= 0.3 is 0 Å². The minimum Gasteiger partial charge on any atom is -0.370 e. The van der Waals surface area contributed by atoms with Crippen molar-refractivity contribution in [2.24, 2.45) is 0 Å². The highest BCUT2D eigenvalue weighted by Gasteiger charge is 2.12. The van der Waals surface area contributed by atoms with Gasteiger partial charge in [-0.05, 0) is 20.8 Å². The van der Waals surface area contributed by atoms with Crippen LogP contribution in [0.1, 0.15) is 18.2 Å². The summed E-state index contributed by atoms with van der Waals surface area (Å²) < 4.78 is 0. The van der Waals surface area contributed by atoms with E-state index in [4.69, 9.17) is 0 Å². The first-order valence-electron chi connectivity index (χ1n) is 6.37. The lowest BCUT2D eigenvalue weighted by molar-refractivity contribution is -0.384. The molecule has 2 rings (SSSR count). The number of nitrogens with zero attached hydrogens (tertiary/aromatic N) is 3. The van der Waals surface area contributed by atoms with Crippen LogP contribution in [0.15, 0.2) is 24.3 Å². The molecular formula is C14H16N4O2. The molecule has 1 aromatic heterocycles. The van der Waals surface area contributed by atoms with Crippen LogP contribution in [0.2, 0.25) is 0 Å². The van der Waals surface area contributed by atoms with Gasteiger partial charge in [-0.1, -0.05) is 12.1 Å². The molecule has 0 amide bonds. The summed E-state index contributed by atoms with van der Waals surface area (Å²) in [6.45, 7) is 6.60. The number of anilines is 1. The lowest BCUT2D eigenvalue weighted by Crippen LogP contribution is -2.06. The lowest BCUT2D eigenvalue weighted by Gasteiger charge is -2.11. The lowest BCUT2D eigenvalue weighted by atomic mass is 10.1. The van der Waals surface area contributed by atoms with Crippen molar-refractivity contribution in [2.75, 3.05) is 11.9 Å². The van der Waals surface area contributed by atoms with Gasteiger partial charge in [-0.15, -0.1) is 0 Å². The highest BCUT2D eigenvalue weighted by Crippen LogP contribution is 2.24. The first-order valence-corrected chi connectivity index (χ1v) is 6.37. The van der Waals surface area contributed by atoms with E-state index in [-0.39, 0.29) is 5.69 Å². The molecule has 0 radical (unpaired) electrons. The molecule has 1 heterocycles. The smallest absolute Gasteiger partial charge is 0.270 e. The number of non-ortho nitro benzene ring substituents is 1. The molecular weight excluding hydrogens is 256 g/mol. The van der Waals surface area contributed by atoms with E-state index < -0.39 is 4.92 Å². The fourth-order valence-electron chi connectivity index (χ4n) is 1.86. The summed E-state index contributed by atoms with van der Waals surface area (Å²) in [6.07, 6.45) is 0. The second-order valence-corrected chi connectivity index (χ2v) is 4.44. The van der Waals surface area contributed by atoms with Crippen molar-refractivity contribution in [3.8, 4) is 11.4 Å². The van der Waals surface area contributed by atoms with Gasteiger partial charge in [-0.2, -0.15) is 0 Å². The number of aryl methyl sites for hydroxylation is 1. The summed E-state index contributed by atoms with van der Waals surface area (Å²) in [4.78, 5) is 19.3. The highest BCUT2D eigenvalue weighted by molar-refractivity contribution is 5.62. The van der Waals surface area contributed by atoms with Crippen LogP contribution in [0.3, 0.4) is 0 Å². The van der Waals surface area contributed by atoms with Crippen LogP contribution >= 0.6 is 0 Å². The summed E-state index contributed by atoms with van der Waals surface area (Å²) in [7, 11) is 0. The number of nitrogens with one attached hydrogen (secondary N) is 1. The van der Waals surface area contributed by atoms with Crippen molar-refractivity contribution < 1.29 is 4.92 Å². The molecule has 0 aliphatic carbocycles. The van der Waals surface area contributed by atoms with Gasteiger partial charge in [0.05, 0.1) is 4.92 Å². The number of hydrogen-bond acceptors (Lipinski definition) is 5. The van der Waals surface area contributed by atoms with Crippen molar-refractivity contribution in [1.82, 2.24) is 9.97 Å². The molecule has 6 heteroatoms. The Morgan fingerprint density at radius 3 is 2.70 bits per heavy atom. The monoisotopic (exact) mass is 272 g/mol. The second kappa shape index (κ2) is 5.64. The molecule has 0 unspecified atom stereocenters. The Balaban J connectivity index is 2.52. The molecule has 0 saturated heterocycles. The molecule has 1 aromatic carbocycles. The predicted molar refractivity (Wildman–Crippen MR) is 77.8 cm³/mol. The third kappa shape index (κ3) is 2.74. The van der Waals surface area contributed by atoms with Crippen LogP contribution in [-0.2, 0) is 0 Å². The van der Waals surface area contributed by atoms with Crippen molar-refractivity contribution in [1.29, 1.82) is 0 Å². The zero-order chi connectivity index (χ0) is 14.7. The standard InChI is InChI=1S/C14H16N4O2/c1-4-15-13-9(2)10(3)16-14(17-13)11-6-5-7-12(8-11)18(19)20/h5-8H,4H2,1-3H3,(H,15,16,17). The Bertz CT molecular complexity index is 656. The Morgan fingerprint density at radius 2 is 2.05 bits per heavy atom. The number of aromatic nitrogens is 2. The first-order chi connectivity index (χ1) is 9.52. The molecule has 0 atom stereocenters. The van der Waals surface area contributed by atoms with Crippen LogP contribution in [-0.4, -0.2) is 21.4 Å². The van der Waals surface area contributed by atoms with E-state index in [1.54, 1.807) is 12.1 Å². The predicted octanol–water partition coefficient (Wildman–Crippen LogP) is 3.10. The van der Waals surface area contributed by atoms with E-state index in [0.29, 0.717) is 11.4 Å². The van der Waals surface area contributed by atoms with Gasteiger partial charge in [0.1, 0.15) is 5.82 Å².